The smallest absolute Gasteiger partial charge is 0.475 e. The van der Waals surface area contributed by atoms with Gasteiger partial charge in [0.2, 0.25) is 0 Å². The van der Waals surface area contributed by atoms with E-state index in [9.17, 15) is 21.6 Å². The van der Waals surface area contributed by atoms with E-state index in [-0.39, 0.29) is 6.04 Å². The van der Waals surface area contributed by atoms with Crippen LogP contribution in [0.15, 0.2) is 65.5 Å². The number of H-pyrrole nitrogens is 1. The van der Waals surface area contributed by atoms with Crippen molar-refractivity contribution < 1.29 is 36.7 Å². The molecule has 3 N–H and O–H groups in total. The van der Waals surface area contributed by atoms with Crippen molar-refractivity contribution in [3.63, 3.8) is 0 Å². The predicted molar refractivity (Wildman–Crippen MR) is 134 cm³/mol. The molecule has 3 aromatic heterocycles. The van der Waals surface area contributed by atoms with Gasteiger partial charge in [0.15, 0.2) is 15.2 Å². The number of hydrogen-bond acceptors (Lipinski definition) is 8. The summed E-state index contributed by atoms with van der Waals surface area (Å²) in [6, 6.07) is 9.04. The fourth-order valence-corrected chi connectivity index (χ4v) is 4.59. The van der Waals surface area contributed by atoms with Gasteiger partial charge in [-0.1, -0.05) is 19.1 Å². The maximum atomic E-state index is 12.6. The van der Waals surface area contributed by atoms with Gasteiger partial charge in [-0.15, -0.1) is 4.91 Å². The summed E-state index contributed by atoms with van der Waals surface area (Å²) in [6.07, 6.45) is 2.79. The van der Waals surface area contributed by atoms with E-state index < -0.39 is 27.2 Å². The van der Waals surface area contributed by atoms with Crippen LogP contribution >= 0.6 is 0 Å². The molecule has 0 radical (unpaired) electrons. The molecule has 0 aliphatic heterocycles. The van der Waals surface area contributed by atoms with Crippen LogP contribution in [0.25, 0.3) is 22.3 Å². The first kappa shape index (κ1) is 30.9. The number of rotatable bonds is 6. The zero-order valence-corrected chi connectivity index (χ0v) is 21.7. The average molecular weight is 571 g/mol. The lowest BCUT2D eigenvalue weighted by Crippen LogP contribution is -2.21. The molecule has 0 spiro atoms. The van der Waals surface area contributed by atoms with Crippen molar-refractivity contribution in [3.8, 4) is 11.3 Å². The van der Waals surface area contributed by atoms with Gasteiger partial charge < -0.3 is 15.3 Å². The van der Waals surface area contributed by atoms with Crippen molar-refractivity contribution in [1.82, 2.24) is 24.7 Å². The van der Waals surface area contributed by atoms with Crippen molar-refractivity contribution in [3.05, 3.63) is 65.7 Å². The Morgan fingerprint density at radius 2 is 1.85 bits per heavy atom. The van der Waals surface area contributed by atoms with Crippen molar-refractivity contribution in [2.75, 3.05) is 0 Å². The van der Waals surface area contributed by atoms with E-state index in [4.69, 9.17) is 20.0 Å². The second-order valence-corrected chi connectivity index (χ2v) is 10.7. The summed E-state index contributed by atoms with van der Waals surface area (Å²) in [5.74, 6) is -2.76. The predicted octanol–water partition coefficient (Wildman–Crippen LogP) is 4.78. The molecule has 1 aromatic carbocycles. The first-order valence-electron chi connectivity index (χ1n) is 11.2. The third-order valence-corrected chi connectivity index (χ3v) is 7.52. The summed E-state index contributed by atoms with van der Waals surface area (Å²) in [6.45, 7) is 5.45. The lowest BCUT2D eigenvalue weighted by molar-refractivity contribution is -0.192. The Morgan fingerprint density at radius 1 is 1.21 bits per heavy atom. The highest BCUT2D eigenvalue weighted by atomic mass is 32.2. The van der Waals surface area contributed by atoms with Gasteiger partial charge in [0, 0.05) is 23.3 Å². The molecule has 1 unspecified atom stereocenters. The van der Waals surface area contributed by atoms with Gasteiger partial charge in [-0.05, 0) is 44.0 Å². The Balaban J connectivity index is 0.000000459. The highest BCUT2D eigenvalue weighted by Crippen LogP contribution is 2.29. The molecule has 0 bridgehead atoms. The summed E-state index contributed by atoms with van der Waals surface area (Å²) in [7, 11) is -3.33. The Labute approximate surface area is 220 Å². The summed E-state index contributed by atoms with van der Waals surface area (Å²) >= 11 is 0. The summed E-state index contributed by atoms with van der Waals surface area (Å²) in [5, 5.41) is 20.0. The Kier molecular flexibility index (Phi) is 10.3. The van der Waals surface area contributed by atoms with Gasteiger partial charge in [0.25, 0.3) is 0 Å². The number of aromatic amines is 1. The molecule has 0 aliphatic rings. The molecular formula is C23H25F3N6O6S. The fraction of sp³-hybridized carbons (Fsp3) is 0.304. The molecule has 4 aromatic rings. The van der Waals surface area contributed by atoms with Crippen LogP contribution in [-0.4, -0.2) is 60.9 Å². The molecule has 39 heavy (non-hydrogen) atoms. The monoisotopic (exact) mass is 570 g/mol. The van der Waals surface area contributed by atoms with E-state index in [1.807, 2.05) is 29.2 Å². The van der Waals surface area contributed by atoms with Crippen LogP contribution in [0.4, 0.5) is 13.2 Å². The highest BCUT2D eigenvalue weighted by molar-refractivity contribution is 7.92. The number of fused-ring (bicyclic) bond motifs is 1. The number of carbonyl (C=O) groups is 1. The third kappa shape index (κ3) is 7.59. The number of carboxylic acid groups (broad SMARTS) is 1. The Hall–Kier alpha value is -4.34. The summed E-state index contributed by atoms with van der Waals surface area (Å²) in [5.41, 5.74) is 3.40. The molecule has 1 atom stereocenters. The second-order valence-electron chi connectivity index (χ2n) is 8.15. The van der Waals surface area contributed by atoms with Gasteiger partial charge in [-0.25, -0.2) is 23.2 Å². The second kappa shape index (κ2) is 12.9. The van der Waals surface area contributed by atoms with Crippen LogP contribution in [0.3, 0.4) is 0 Å². The molecule has 3 heterocycles. The van der Waals surface area contributed by atoms with Crippen LogP contribution in [0, 0.1) is 4.91 Å². The first-order valence-corrected chi connectivity index (χ1v) is 12.8. The molecular weight excluding hydrogens is 545 g/mol. The van der Waals surface area contributed by atoms with E-state index in [2.05, 4.69) is 27.0 Å². The molecule has 210 valence electrons. The van der Waals surface area contributed by atoms with Crippen LogP contribution in [-0.2, 0) is 14.6 Å². The van der Waals surface area contributed by atoms with Crippen LogP contribution in [0.1, 0.15) is 38.8 Å². The van der Waals surface area contributed by atoms with E-state index in [1.54, 1.807) is 38.2 Å². The minimum Gasteiger partial charge on any atom is -0.475 e. The van der Waals surface area contributed by atoms with Gasteiger partial charge >= 0.3 is 12.1 Å². The van der Waals surface area contributed by atoms with E-state index in [1.165, 1.54) is 11.7 Å². The van der Waals surface area contributed by atoms with Crippen molar-refractivity contribution >= 4 is 26.8 Å². The number of sulfone groups is 1. The molecule has 0 saturated heterocycles. The number of nitrogens with zero attached hydrogens (tertiary/aromatic N) is 5. The van der Waals surface area contributed by atoms with Crippen molar-refractivity contribution in [2.24, 2.45) is 5.34 Å². The molecule has 12 nitrogen and oxygen atoms in total. The minimum absolute atomic E-state index is 0.0744. The van der Waals surface area contributed by atoms with E-state index in [0.717, 1.165) is 34.3 Å². The minimum atomic E-state index is -5.08. The lowest BCUT2D eigenvalue weighted by Gasteiger charge is -2.17. The van der Waals surface area contributed by atoms with E-state index in [0.29, 0.717) is 4.90 Å². The Morgan fingerprint density at radius 3 is 2.41 bits per heavy atom. The maximum absolute atomic E-state index is 12.6. The number of halogens is 3. The largest absolute Gasteiger partial charge is 0.490 e. The number of benzene rings is 1. The quantitative estimate of drug-likeness (QED) is 0.217. The van der Waals surface area contributed by atoms with E-state index >= 15 is 0 Å². The number of aromatic nitrogens is 5. The van der Waals surface area contributed by atoms with Gasteiger partial charge in [-0.3, -0.25) is 4.68 Å². The molecule has 4 rings (SSSR count). The van der Waals surface area contributed by atoms with Crippen molar-refractivity contribution in [1.29, 1.82) is 0 Å². The maximum Gasteiger partial charge on any atom is 0.490 e. The molecule has 0 fully saturated rings. The third-order valence-electron chi connectivity index (χ3n) is 5.37. The number of carboxylic acids is 1. The number of nitrogens with one attached hydrogen (secondary N) is 1. The lowest BCUT2D eigenvalue weighted by atomic mass is 10.0. The molecule has 0 saturated carbocycles. The molecule has 16 heteroatoms. The van der Waals surface area contributed by atoms with Crippen LogP contribution in [0.5, 0.6) is 0 Å². The zero-order chi connectivity index (χ0) is 29.4. The summed E-state index contributed by atoms with van der Waals surface area (Å²) < 4.78 is 58.8. The first-order chi connectivity index (χ1) is 18.3. The van der Waals surface area contributed by atoms with Crippen molar-refractivity contribution in [2.45, 2.75) is 49.6 Å². The molecule has 0 amide bonds. The number of alkyl halides is 3. The summed E-state index contributed by atoms with van der Waals surface area (Å²) in [4.78, 5) is 29.1. The molecule has 0 aliphatic carbocycles. The van der Waals surface area contributed by atoms with Crippen LogP contribution in [0.2, 0.25) is 0 Å². The fourth-order valence-electron chi connectivity index (χ4n) is 3.48. The number of aliphatic carboxylic acids is 1. The topological polar surface area (TPSA) is 180 Å². The number of hydrogen-bond donors (Lipinski definition) is 3. The SMILES string of the molecule is CCC(c1cccc(S(=O)(=O)C(C)C)c1)n1cc(-c2ncnc3[nH]ccc23)cn1.O=C(O)C(F)(F)F.O=NO. The average Bonchev–Trinajstić information content (AvgIpc) is 3.55. The normalized spacial score (nSPS) is 12.2. The standard InChI is InChI=1S/C21H23N5O2S.C2HF3O2.HNO2/c1-4-19(15-6-5-7-17(10-15)29(27,28)14(2)3)26-12-16(11-25-26)20-18-8-9-22-21(18)24-13-23-20;3-2(4,5)1(6)7;2-1-3/h5-14,19H,4H2,1-3H3,(H,22,23,24);(H,6,7);(H,2,3). The highest BCUT2D eigenvalue weighted by Gasteiger charge is 2.38. The van der Waals surface area contributed by atoms with Crippen LogP contribution < -0.4 is 0 Å². The Bertz CT molecular complexity index is 1520. The van der Waals surface area contributed by atoms with Gasteiger partial charge in [-0.2, -0.15) is 18.3 Å². The van der Waals surface area contributed by atoms with Gasteiger partial charge in [0.05, 0.1) is 28.1 Å². The zero-order valence-electron chi connectivity index (χ0n) is 20.9. The van der Waals surface area contributed by atoms with Gasteiger partial charge in [0.1, 0.15) is 12.0 Å².